The molecule has 0 radical (unpaired) electrons. The van der Waals surface area contributed by atoms with E-state index in [1.165, 1.54) is 0 Å². The highest BCUT2D eigenvalue weighted by Crippen LogP contribution is 2.14. The van der Waals surface area contributed by atoms with Gasteiger partial charge in [-0.2, -0.15) is 0 Å². The number of aliphatic carboxylic acids is 1. The van der Waals surface area contributed by atoms with Crippen LogP contribution in [0.1, 0.15) is 6.92 Å². The summed E-state index contributed by atoms with van der Waals surface area (Å²) in [6, 6.07) is 20.3. The van der Waals surface area contributed by atoms with E-state index >= 15 is 0 Å². The molecule has 0 aliphatic rings. The number of carboxylic acids is 1. The zero-order valence-corrected chi connectivity index (χ0v) is 10.5. The Bertz CT molecular complexity index is 474. The van der Waals surface area contributed by atoms with Crippen molar-refractivity contribution in [2.45, 2.75) is 6.92 Å². The average Bonchev–Trinajstić information content (AvgIpc) is 2.41. The molecule has 4 nitrogen and oxygen atoms in total. The first-order chi connectivity index (χ1) is 9.09. The van der Waals surface area contributed by atoms with Gasteiger partial charge in [0.1, 0.15) is 0 Å². The molecule has 19 heavy (non-hydrogen) atoms. The van der Waals surface area contributed by atoms with Crippen LogP contribution in [0.5, 0.6) is 0 Å². The average molecular weight is 257 g/mol. The van der Waals surface area contributed by atoms with Crippen molar-refractivity contribution in [2.75, 3.05) is 5.32 Å². The molecular formula is C15H15NO3. The molecule has 0 atom stereocenters. The van der Waals surface area contributed by atoms with Crippen molar-refractivity contribution >= 4 is 23.1 Å². The summed E-state index contributed by atoms with van der Waals surface area (Å²) in [4.78, 5) is 18.9. The molecule has 0 fully saturated rings. The van der Waals surface area contributed by atoms with E-state index in [2.05, 4.69) is 5.32 Å². The fraction of sp³-hybridized carbons (Fsp3) is 0.0667. The van der Waals surface area contributed by atoms with E-state index in [1.807, 2.05) is 60.7 Å². The number of Topliss-reactive ketones (excluding diaryl/α,β-unsaturated/α-hetero) is 1. The summed E-state index contributed by atoms with van der Waals surface area (Å²) in [5, 5.41) is 10.9. The minimum absolute atomic E-state index is 0.824. The maximum absolute atomic E-state index is 9.54. The van der Waals surface area contributed by atoms with Gasteiger partial charge in [-0.05, 0) is 24.3 Å². The van der Waals surface area contributed by atoms with Gasteiger partial charge in [-0.3, -0.25) is 4.79 Å². The van der Waals surface area contributed by atoms with Crippen LogP contribution in [-0.4, -0.2) is 16.9 Å². The number of benzene rings is 2. The molecule has 0 heterocycles. The van der Waals surface area contributed by atoms with Gasteiger partial charge >= 0.3 is 5.97 Å². The fourth-order valence-electron chi connectivity index (χ4n) is 1.21. The number of carbonyl (C=O) groups is 2. The van der Waals surface area contributed by atoms with Crippen molar-refractivity contribution in [2.24, 2.45) is 0 Å². The quantitative estimate of drug-likeness (QED) is 0.829. The van der Waals surface area contributed by atoms with Crippen LogP contribution < -0.4 is 5.32 Å². The Balaban J connectivity index is 0.000000258. The molecule has 0 unspecified atom stereocenters. The molecule has 0 saturated heterocycles. The summed E-state index contributed by atoms with van der Waals surface area (Å²) >= 11 is 0. The third kappa shape index (κ3) is 6.02. The van der Waals surface area contributed by atoms with Gasteiger partial charge in [0, 0.05) is 18.3 Å². The van der Waals surface area contributed by atoms with Crippen molar-refractivity contribution in [1.29, 1.82) is 0 Å². The molecule has 2 N–H and O–H groups in total. The first kappa shape index (κ1) is 14.4. The molecule has 2 rings (SSSR count). The molecule has 0 bridgehead atoms. The number of para-hydroxylation sites is 2. The van der Waals surface area contributed by atoms with Crippen molar-refractivity contribution < 1.29 is 14.7 Å². The van der Waals surface area contributed by atoms with Gasteiger partial charge in [-0.1, -0.05) is 36.4 Å². The predicted octanol–water partition coefficient (Wildman–Crippen LogP) is 3.09. The lowest BCUT2D eigenvalue weighted by molar-refractivity contribution is -0.148. The second-order valence-corrected chi connectivity index (χ2v) is 3.72. The van der Waals surface area contributed by atoms with Crippen molar-refractivity contribution in [3.8, 4) is 0 Å². The molecule has 0 aromatic heterocycles. The SMILES string of the molecule is CC(=O)C(=O)O.c1ccc(Nc2ccccc2)cc1. The number of rotatable bonds is 3. The molecule has 2 aromatic rings. The highest BCUT2D eigenvalue weighted by Gasteiger charge is 1.99. The Labute approximate surface area is 111 Å². The molecule has 0 aliphatic carbocycles. The van der Waals surface area contributed by atoms with Crippen LogP contribution in [0.25, 0.3) is 0 Å². The number of nitrogens with one attached hydrogen (secondary N) is 1. The number of anilines is 2. The Kier molecular flexibility index (Phi) is 5.82. The number of carboxylic acid groups (broad SMARTS) is 1. The number of carbonyl (C=O) groups excluding carboxylic acids is 1. The second-order valence-electron chi connectivity index (χ2n) is 3.72. The normalized spacial score (nSPS) is 8.89. The van der Waals surface area contributed by atoms with Gasteiger partial charge in [0.2, 0.25) is 5.78 Å². The third-order valence-corrected chi connectivity index (χ3v) is 2.14. The standard InChI is InChI=1S/C12H11N.C3H4O3/c1-3-7-11(8-4-1)13-12-9-5-2-6-10-12;1-2(4)3(5)6/h1-10,13H;1H3,(H,5,6). The summed E-state index contributed by atoms with van der Waals surface area (Å²) in [5.74, 6) is -2.20. The van der Waals surface area contributed by atoms with E-state index < -0.39 is 11.8 Å². The number of hydrogen-bond donors (Lipinski definition) is 2. The van der Waals surface area contributed by atoms with Crippen LogP contribution in [0, 0.1) is 0 Å². The Morgan fingerprint density at radius 2 is 1.16 bits per heavy atom. The largest absolute Gasteiger partial charge is 0.476 e. The highest BCUT2D eigenvalue weighted by molar-refractivity contribution is 6.31. The summed E-state index contributed by atoms with van der Waals surface area (Å²) in [7, 11) is 0. The lowest BCUT2D eigenvalue weighted by atomic mass is 10.3. The summed E-state index contributed by atoms with van der Waals surface area (Å²) in [6.07, 6.45) is 0. The lowest BCUT2D eigenvalue weighted by Gasteiger charge is -2.04. The molecule has 0 saturated carbocycles. The lowest BCUT2D eigenvalue weighted by Crippen LogP contribution is -2.05. The van der Waals surface area contributed by atoms with Crippen molar-refractivity contribution in [1.82, 2.24) is 0 Å². The van der Waals surface area contributed by atoms with E-state index in [0.717, 1.165) is 18.3 Å². The first-order valence-corrected chi connectivity index (χ1v) is 5.70. The Morgan fingerprint density at radius 1 is 0.842 bits per heavy atom. The van der Waals surface area contributed by atoms with Crippen molar-refractivity contribution in [3.63, 3.8) is 0 Å². The highest BCUT2D eigenvalue weighted by atomic mass is 16.4. The van der Waals surface area contributed by atoms with E-state index in [4.69, 9.17) is 5.11 Å². The molecule has 2 aromatic carbocycles. The predicted molar refractivity (Wildman–Crippen MR) is 74.5 cm³/mol. The summed E-state index contributed by atoms with van der Waals surface area (Å²) in [6.45, 7) is 1.00. The van der Waals surface area contributed by atoms with Crippen molar-refractivity contribution in [3.05, 3.63) is 60.7 Å². The first-order valence-electron chi connectivity index (χ1n) is 5.70. The van der Waals surface area contributed by atoms with Gasteiger partial charge in [0.25, 0.3) is 0 Å². The van der Waals surface area contributed by atoms with Crippen LogP contribution in [0.2, 0.25) is 0 Å². The zero-order valence-electron chi connectivity index (χ0n) is 10.5. The maximum atomic E-state index is 9.54. The smallest absolute Gasteiger partial charge is 0.371 e. The zero-order chi connectivity index (χ0) is 14.1. The van der Waals surface area contributed by atoms with Gasteiger partial charge in [-0.25, -0.2) is 4.79 Å². The number of hydrogen-bond acceptors (Lipinski definition) is 3. The van der Waals surface area contributed by atoms with Crippen LogP contribution in [0.3, 0.4) is 0 Å². The van der Waals surface area contributed by atoms with Gasteiger partial charge in [-0.15, -0.1) is 0 Å². The minimum Gasteiger partial charge on any atom is -0.476 e. The molecule has 4 heteroatoms. The maximum Gasteiger partial charge on any atom is 0.371 e. The molecule has 0 spiro atoms. The van der Waals surface area contributed by atoms with Crippen LogP contribution in [-0.2, 0) is 9.59 Å². The molecular weight excluding hydrogens is 242 g/mol. The summed E-state index contributed by atoms with van der Waals surface area (Å²) < 4.78 is 0. The topological polar surface area (TPSA) is 66.4 Å². The van der Waals surface area contributed by atoms with Crippen LogP contribution >= 0.6 is 0 Å². The van der Waals surface area contributed by atoms with E-state index in [1.54, 1.807) is 0 Å². The van der Waals surface area contributed by atoms with Gasteiger partial charge in [0.05, 0.1) is 0 Å². The Hall–Kier alpha value is -2.62. The molecule has 0 aliphatic heterocycles. The van der Waals surface area contributed by atoms with Crippen LogP contribution in [0.4, 0.5) is 11.4 Å². The second kappa shape index (κ2) is 7.66. The van der Waals surface area contributed by atoms with E-state index in [-0.39, 0.29) is 0 Å². The van der Waals surface area contributed by atoms with Crippen LogP contribution in [0.15, 0.2) is 60.7 Å². The number of ketones is 1. The van der Waals surface area contributed by atoms with E-state index in [0.29, 0.717) is 0 Å². The summed E-state index contributed by atoms with van der Waals surface area (Å²) in [5.41, 5.74) is 2.24. The monoisotopic (exact) mass is 257 g/mol. The van der Waals surface area contributed by atoms with Gasteiger partial charge < -0.3 is 10.4 Å². The third-order valence-electron chi connectivity index (χ3n) is 2.14. The minimum atomic E-state index is -1.38. The fourth-order valence-corrected chi connectivity index (χ4v) is 1.21. The molecule has 0 amide bonds. The molecule has 98 valence electrons. The van der Waals surface area contributed by atoms with Gasteiger partial charge in [0.15, 0.2) is 0 Å². The Morgan fingerprint density at radius 3 is 1.42 bits per heavy atom. The van der Waals surface area contributed by atoms with E-state index in [9.17, 15) is 9.59 Å².